The molecule has 4 nitrogen and oxygen atoms in total. The van der Waals surface area contributed by atoms with E-state index in [1.165, 1.54) is 0 Å². The van der Waals surface area contributed by atoms with Gasteiger partial charge in [-0.1, -0.05) is 12.0 Å². The van der Waals surface area contributed by atoms with Crippen molar-refractivity contribution >= 4 is 11.8 Å². The number of carbonyl (C=O) groups excluding carboxylic acids is 1. The highest BCUT2D eigenvalue weighted by atomic mass is 16.5. The van der Waals surface area contributed by atoms with Crippen molar-refractivity contribution in [3.8, 4) is 18.1 Å². The molecule has 78 valence electrons. The standard InChI is InChI=1S/C11H12N2O2/c1-3-7-13-9-5-4-6-10(8(9)2)15-11(12)14/h1,4-6,13H,7H2,2H3,(H2,12,14). The van der Waals surface area contributed by atoms with Crippen molar-refractivity contribution < 1.29 is 9.53 Å². The van der Waals surface area contributed by atoms with Gasteiger partial charge in [0.2, 0.25) is 0 Å². The first-order valence-corrected chi connectivity index (χ1v) is 4.39. The van der Waals surface area contributed by atoms with Crippen molar-refractivity contribution in [1.29, 1.82) is 0 Å². The maximum absolute atomic E-state index is 10.6. The Morgan fingerprint density at radius 3 is 3.00 bits per heavy atom. The Bertz CT molecular complexity index is 408. The van der Waals surface area contributed by atoms with Crippen LogP contribution in [-0.4, -0.2) is 12.6 Å². The lowest BCUT2D eigenvalue weighted by molar-refractivity contribution is 0.210. The molecule has 0 bridgehead atoms. The summed E-state index contributed by atoms with van der Waals surface area (Å²) in [5, 5.41) is 3.01. The number of anilines is 1. The van der Waals surface area contributed by atoms with Crippen LogP contribution in [0.4, 0.5) is 10.5 Å². The molecule has 0 atom stereocenters. The first-order valence-electron chi connectivity index (χ1n) is 4.39. The number of nitrogens with two attached hydrogens (primary N) is 1. The molecule has 0 unspecified atom stereocenters. The van der Waals surface area contributed by atoms with Gasteiger partial charge in [0.25, 0.3) is 0 Å². The van der Waals surface area contributed by atoms with Crippen LogP contribution in [0.3, 0.4) is 0 Å². The molecule has 0 radical (unpaired) electrons. The van der Waals surface area contributed by atoms with E-state index < -0.39 is 6.09 Å². The lowest BCUT2D eigenvalue weighted by Gasteiger charge is -2.10. The monoisotopic (exact) mass is 204 g/mol. The number of benzene rings is 1. The minimum Gasteiger partial charge on any atom is -0.410 e. The van der Waals surface area contributed by atoms with Crippen LogP contribution in [-0.2, 0) is 0 Å². The molecule has 0 aliphatic heterocycles. The van der Waals surface area contributed by atoms with Gasteiger partial charge >= 0.3 is 6.09 Å². The Balaban J connectivity index is 2.90. The van der Waals surface area contributed by atoms with Gasteiger partial charge in [-0.3, -0.25) is 0 Å². The van der Waals surface area contributed by atoms with E-state index in [1.54, 1.807) is 12.1 Å². The Morgan fingerprint density at radius 1 is 1.67 bits per heavy atom. The molecular weight excluding hydrogens is 192 g/mol. The minimum atomic E-state index is -0.827. The smallest absolute Gasteiger partial charge is 0.409 e. The molecule has 0 aliphatic carbocycles. The number of rotatable bonds is 3. The number of terminal acetylenes is 1. The molecule has 0 spiro atoms. The number of hydrogen-bond donors (Lipinski definition) is 2. The fourth-order valence-electron chi connectivity index (χ4n) is 1.17. The lowest BCUT2D eigenvalue weighted by atomic mass is 10.2. The number of nitrogens with one attached hydrogen (secondary N) is 1. The Hall–Kier alpha value is -2.15. The number of hydrogen-bond acceptors (Lipinski definition) is 3. The van der Waals surface area contributed by atoms with E-state index in [9.17, 15) is 4.79 Å². The molecular formula is C11H12N2O2. The van der Waals surface area contributed by atoms with Crippen molar-refractivity contribution in [3.63, 3.8) is 0 Å². The first kappa shape index (κ1) is 10.9. The molecule has 0 saturated heterocycles. The molecule has 4 heteroatoms. The second-order valence-corrected chi connectivity index (χ2v) is 2.91. The zero-order valence-corrected chi connectivity index (χ0v) is 8.41. The van der Waals surface area contributed by atoms with E-state index in [1.807, 2.05) is 13.0 Å². The quantitative estimate of drug-likeness (QED) is 0.733. The van der Waals surface area contributed by atoms with Crippen molar-refractivity contribution in [2.24, 2.45) is 5.73 Å². The third-order valence-electron chi connectivity index (χ3n) is 1.88. The third-order valence-corrected chi connectivity index (χ3v) is 1.88. The van der Waals surface area contributed by atoms with Gasteiger partial charge in [-0.2, -0.15) is 0 Å². The molecule has 0 fully saturated rings. The summed E-state index contributed by atoms with van der Waals surface area (Å²) in [4.78, 5) is 10.6. The fourth-order valence-corrected chi connectivity index (χ4v) is 1.17. The second kappa shape index (κ2) is 4.91. The number of amides is 1. The summed E-state index contributed by atoms with van der Waals surface area (Å²) >= 11 is 0. The van der Waals surface area contributed by atoms with E-state index in [-0.39, 0.29) is 0 Å². The van der Waals surface area contributed by atoms with Crippen LogP contribution in [0.2, 0.25) is 0 Å². The molecule has 0 aliphatic rings. The van der Waals surface area contributed by atoms with Crippen LogP contribution in [0.1, 0.15) is 5.56 Å². The zero-order valence-electron chi connectivity index (χ0n) is 8.41. The molecule has 0 aromatic heterocycles. The third kappa shape index (κ3) is 2.92. The van der Waals surface area contributed by atoms with Gasteiger partial charge in [-0.05, 0) is 19.1 Å². The van der Waals surface area contributed by atoms with Crippen LogP contribution in [0.15, 0.2) is 18.2 Å². The Kier molecular flexibility index (Phi) is 3.58. The summed E-state index contributed by atoms with van der Waals surface area (Å²) in [7, 11) is 0. The summed E-state index contributed by atoms with van der Waals surface area (Å²) in [5.74, 6) is 2.89. The second-order valence-electron chi connectivity index (χ2n) is 2.91. The van der Waals surface area contributed by atoms with Gasteiger partial charge in [0, 0.05) is 11.3 Å². The van der Waals surface area contributed by atoms with Gasteiger partial charge in [0.1, 0.15) is 5.75 Å². The van der Waals surface area contributed by atoms with Crippen LogP contribution in [0, 0.1) is 19.3 Å². The lowest BCUT2D eigenvalue weighted by Crippen LogP contribution is -2.17. The van der Waals surface area contributed by atoms with E-state index in [4.69, 9.17) is 16.9 Å². The number of ether oxygens (including phenoxy) is 1. The van der Waals surface area contributed by atoms with Crippen LogP contribution in [0.25, 0.3) is 0 Å². The highest BCUT2D eigenvalue weighted by Crippen LogP contribution is 2.25. The maximum Gasteiger partial charge on any atom is 0.409 e. The summed E-state index contributed by atoms with van der Waals surface area (Å²) in [5.41, 5.74) is 6.55. The predicted octanol–water partition coefficient (Wildman–Crippen LogP) is 1.50. The van der Waals surface area contributed by atoms with Crippen LogP contribution in [0.5, 0.6) is 5.75 Å². The van der Waals surface area contributed by atoms with Gasteiger partial charge in [-0.15, -0.1) is 6.42 Å². The largest absolute Gasteiger partial charge is 0.410 e. The van der Waals surface area contributed by atoms with Gasteiger partial charge in [0.05, 0.1) is 6.54 Å². The molecule has 1 rings (SSSR count). The van der Waals surface area contributed by atoms with Gasteiger partial charge < -0.3 is 15.8 Å². The Labute approximate surface area is 88.4 Å². The summed E-state index contributed by atoms with van der Waals surface area (Å²) in [6, 6.07) is 5.27. The summed E-state index contributed by atoms with van der Waals surface area (Å²) in [6.07, 6.45) is 4.30. The van der Waals surface area contributed by atoms with E-state index >= 15 is 0 Å². The highest BCUT2D eigenvalue weighted by molar-refractivity contribution is 5.70. The number of primary amides is 1. The topological polar surface area (TPSA) is 64.3 Å². The molecule has 15 heavy (non-hydrogen) atoms. The molecule has 3 N–H and O–H groups in total. The molecule has 1 amide bonds. The Morgan fingerprint density at radius 2 is 2.40 bits per heavy atom. The molecule has 0 heterocycles. The van der Waals surface area contributed by atoms with Crippen molar-refractivity contribution in [1.82, 2.24) is 0 Å². The van der Waals surface area contributed by atoms with E-state index in [0.29, 0.717) is 12.3 Å². The van der Waals surface area contributed by atoms with Crippen molar-refractivity contribution in [2.75, 3.05) is 11.9 Å². The predicted molar refractivity (Wildman–Crippen MR) is 58.7 cm³/mol. The average molecular weight is 204 g/mol. The highest BCUT2D eigenvalue weighted by Gasteiger charge is 2.06. The maximum atomic E-state index is 10.6. The molecule has 1 aromatic carbocycles. The van der Waals surface area contributed by atoms with Crippen molar-refractivity contribution in [2.45, 2.75) is 6.92 Å². The van der Waals surface area contributed by atoms with Gasteiger partial charge in [0.15, 0.2) is 0 Å². The average Bonchev–Trinajstić information content (AvgIpc) is 2.19. The summed E-state index contributed by atoms with van der Waals surface area (Å²) in [6.45, 7) is 2.23. The summed E-state index contributed by atoms with van der Waals surface area (Å²) < 4.78 is 4.81. The van der Waals surface area contributed by atoms with Gasteiger partial charge in [-0.25, -0.2) is 4.79 Å². The minimum absolute atomic E-state index is 0.418. The molecule has 1 aromatic rings. The zero-order chi connectivity index (χ0) is 11.3. The van der Waals surface area contributed by atoms with Crippen LogP contribution < -0.4 is 15.8 Å². The SMILES string of the molecule is C#CCNc1cccc(OC(N)=O)c1C. The van der Waals surface area contributed by atoms with E-state index in [2.05, 4.69) is 11.2 Å². The molecule has 0 saturated carbocycles. The normalized spacial score (nSPS) is 9.07. The fraction of sp³-hybridized carbons (Fsp3) is 0.182. The number of carbonyl (C=O) groups is 1. The first-order chi connectivity index (χ1) is 7.15. The van der Waals surface area contributed by atoms with E-state index in [0.717, 1.165) is 11.3 Å². The van der Waals surface area contributed by atoms with Crippen LogP contribution >= 0.6 is 0 Å². The van der Waals surface area contributed by atoms with Crippen molar-refractivity contribution in [3.05, 3.63) is 23.8 Å².